The van der Waals surface area contributed by atoms with Gasteiger partial charge in [0.1, 0.15) is 11.3 Å². The van der Waals surface area contributed by atoms with E-state index in [1.54, 1.807) is 43.5 Å². The zero-order valence-electron chi connectivity index (χ0n) is 18.8. The second-order valence-electron chi connectivity index (χ2n) is 9.01. The molecule has 7 heteroatoms. The van der Waals surface area contributed by atoms with E-state index in [0.717, 1.165) is 5.56 Å². The molecule has 2 aromatic carbocycles. The maximum Gasteiger partial charge on any atom is 0.268 e. The van der Waals surface area contributed by atoms with E-state index in [2.05, 4.69) is 5.32 Å². The zero-order valence-corrected chi connectivity index (χ0v) is 19.5. The van der Waals surface area contributed by atoms with Crippen LogP contribution in [0, 0.1) is 5.41 Å². The summed E-state index contributed by atoms with van der Waals surface area (Å²) in [5.74, 6) is 0.110. The molecule has 6 nitrogen and oxygen atoms in total. The third-order valence-electron chi connectivity index (χ3n) is 5.83. The molecule has 1 aromatic heterocycles. The van der Waals surface area contributed by atoms with E-state index in [1.165, 1.54) is 10.6 Å². The van der Waals surface area contributed by atoms with E-state index in [0.29, 0.717) is 40.6 Å². The molecule has 1 N–H and O–H groups in total. The Kier molecular flexibility index (Phi) is 6.13. The number of benzene rings is 2. The Balaban J connectivity index is 1.75. The number of nitrogens with zero attached hydrogens (tertiary/aromatic N) is 1. The molecular formula is C26H25ClN2O4. The average molecular weight is 465 g/mol. The monoisotopic (exact) mass is 464 g/mol. The standard InChI is InChI=1S/C26H25ClN2O4/c1-26(2)13-22-20(23(30)14-26)12-21(25(32)29(22)18-8-6-17(27)7-9-18)24(31)28-15-16-4-10-19(33-3)11-5-16/h4-12H,13-15H2,1-3H3,(H,28,31). The zero-order chi connectivity index (χ0) is 23.8. The number of hydrogen-bond acceptors (Lipinski definition) is 4. The van der Waals surface area contributed by atoms with Crippen molar-refractivity contribution in [2.45, 2.75) is 33.2 Å². The quantitative estimate of drug-likeness (QED) is 0.599. The number of fused-ring (bicyclic) bond motifs is 1. The highest BCUT2D eigenvalue weighted by molar-refractivity contribution is 6.30. The summed E-state index contributed by atoms with van der Waals surface area (Å²) in [5, 5.41) is 3.33. The SMILES string of the molecule is COc1ccc(CNC(=O)c2cc3c(n(-c4ccc(Cl)cc4)c2=O)CC(C)(C)CC3=O)cc1. The van der Waals surface area contributed by atoms with Crippen LogP contribution in [0.3, 0.4) is 0 Å². The Morgan fingerprint density at radius 2 is 1.73 bits per heavy atom. The van der Waals surface area contributed by atoms with E-state index in [9.17, 15) is 14.4 Å². The van der Waals surface area contributed by atoms with E-state index in [-0.39, 0.29) is 23.3 Å². The van der Waals surface area contributed by atoms with Crippen LogP contribution < -0.4 is 15.6 Å². The molecule has 0 unspecified atom stereocenters. The molecule has 1 amide bonds. The highest BCUT2D eigenvalue weighted by atomic mass is 35.5. The minimum Gasteiger partial charge on any atom is -0.497 e. The van der Waals surface area contributed by atoms with Crippen molar-refractivity contribution in [1.29, 1.82) is 0 Å². The molecule has 0 atom stereocenters. The van der Waals surface area contributed by atoms with Crippen LogP contribution in [0.1, 0.15) is 52.2 Å². The van der Waals surface area contributed by atoms with Crippen LogP contribution in [-0.4, -0.2) is 23.4 Å². The summed E-state index contributed by atoms with van der Waals surface area (Å²) in [4.78, 5) is 39.5. The van der Waals surface area contributed by atoms with Gasteiger partial charge in [-0.15, -0.1) is 0 Å². The number of methoxy groups -OCH3 is 1. The fraction of sp³-hybridized carbons (Fsp3) is 0.269. The smallest absolute Gasteiger partial charge is 0.268 e. The summed E-state index contributed by atoms with van der Waals surface area (Å²) in [6.45, 7) is 4.24. The molecule has 0 spiro atoms. The van der Waals surface area contributed by atoms with Gasteiger partial charge in [-0.05, 0) is 59.9 Å². The highest BCUT2D eigenvalue weighted by Gasteiger charge is 2.35. The maximum absolute atomic E-state index is 13.5. The van der Waals surface area contributed by atoms with Gasteiger partial charge in [0.25, 0.3) is 11.5 Å². The van der Waals surface area contributed by atoms with Gasteiger partial charge in [-0.1, -0.05) is 37.6 Å². The average Bonchev–Trinajstić information content (AvgIpc) is 2.78. The van der Waals surface area contributed by atoms with Crippen molar-refractivity contribution in [2.75, 3.05) is 7.11 Å². The summed E-state index contributed by atoms with van der Waals surface area (Å²) < 4.78 is 6.63. The number of ketones is 1. The van der Waals surface area contributed by atoms with Crippen molar-refractivity contribution in [3.05, 3.63) is 92.4 Å². The summed E-state index contributed by atoms with van der Waals surface area (Å²) in [5.41, 5.74) is 1.64. The number of nitrogens with one attached hydrogen (secondary N) is 1. The molecule has 1 aliphatic rings. The summed E-state index contributed by atoms with van der Waals surface area (Å²) >= 11 is 6.04. The highest BCUT2D eigenvalue weighted by Crippen LogP contribution is 2.35. The van der Waals surface area contributed by atoms with Crippen molar-refractivity contribution < 1.29 is 14.3 Å². The molecule has 0 fully saturated rings. The second kappa shape index (κ2) is 8.87. The first kappa shape index (κ1) is 22.8. The summed E-state index contributed by atoms with van der Waals surface area (Å²) in [6.07, 6.45) is 0.894. The van der Waals surface area contributed by atoms with Gasteiger partial charge in [-0.2, -0.15) is 0 Å². The van der Waals surface area contributed by atoms with E-state index < -0.39 is 11.5 Å². The van der Waals surface area contributed by atoms with Crippen molar-refractivity contribution in [1.82, 2.24) is 9.88 Å². The summed E-state index contributed by atoms with van der Waals surface area (Å²) in [6, 6.07) is 15.5. The molecule has 0 bridgehead atoms. The van der Waals surface area contributed by atoms with Gasteiger partial charge in [0.05, 0.1) is 7.11 Å². The van der Waals surface area contributed by atoms with Gasteiger partial charge >= 0.3 is 0 Å². The van der Waals surface area contributed by atoms with Crippen LogP contribution in [-0.2, 0) is 13.0 Å². The lowest BCUT2D eigenvalue weighted by atomic mass is 9.75. The van der Waals surface area contributed by atoms with E-state index in [4.69, 9.17) is 16.3 Å². The number of carbonyl (C=O) groups is 2. The number of aromatic nitrogens is 1. The largest absolute Gasteiger partial charge is 0.497 e. The molecule has 0 saturated carbocycles. The number of Topliss-reactive ketones (excluding diaryl/α,β-unsaturated/α-hetero) is 1. The Morgan fingerprint density at radius 3 is 2.36 bits per heavy atom. The van der Waals surface area contributed by atoms with Gasteiger partial charge in [0, 0.05) is 34.9 Å². The molecule has 0 radical (unpaired) electrons. The van der Waals surface area contributed by atoms with Crippen LogP contribution in [0.4, 0.5) is 0 Å². The Labute approximate surface area is 197 Å². The van der Waals surface area contributed by atoms with Crippen LogP contribution in [0.25, 0.3) is 5.69 Å². The maximum atomic E-state index is 13.5. The molecule has 4 rings (SSSR count). The van der Waals surface area contributed by atoms with Crippen molar-refractivity contribution in [3.63, 3.8) is 0 Å². The van der Waals surface area contributed by atoms with Crippen molar-refractivity contribution in [3.8, 4) is 11.4 Å². The van der Waals surface area contributed by atoms with Crippen molar-refractivity contribution >= 4 is 23.3 Å². The minimum absolute atomic E-state index is 0.0646. The molecule has 170 valence electrons. The molecule has 1 heterocycles. The van der Waals surface area contributed by atoms with Crippen LogP contribution in [0.5, 0.6) is 5.75 Å². The van der Waals surface area contributed by atoms with Gasteiger partial charge in [0.15, 0.2) is 5.78 Å². The fourth-order valence-corrected chi connectivity index (χ4v) is 4.29. The van der Waals surface area contributed by atoms with Gasteiger partial charge < -0.3 is 10.1 Å². The molecule has 0 saturated heterocycles. The fourth-order valence-electron chi connectivity index (χ4n) is 4.16. The Morgan fingerprint density at radius 1 is 1.06 bits per heavy atom. The van der Waals surface area contributed by atoms with Crippen LogP contribution >= 0.6 is 11.6 Å². The number of halogens is 1. The number of ether oxygens (including phenoxy) is 1. The molecular weight excluding hydrogens is 440 g/mol. The minimum atomic E-state index is -0.529. The predicted octanol–water partition coefficient (Wildman–Crippen LogP) is 4.58. The number of rotatable bonds is 5. The predicted molar refractivity (Wildman–Crippen MR) is 128 cm³/mol. The van der Waals surface area contributed by atoms with E-state index in [1.807, 2.05) is 26.0 Å². The van der Waals surface area contributed by atoms with Crippen molar-refractivity contribution in [2.24, 2.45) is 5.41 Å². The first-order chi connectivity index (χ1) is 15.7. The number of carbonyl (C=O) groups excluding carboxylic acids is 2. The lowest BCUT2D eigenvalue weighted by molar-refractivity contribution is 0.0908. The van der Waals surface area contributed by atoms with Gasteiger partial charge in [0.2, 0.25) is 0 Å². The topological polar surface area (TPSA) is 77.4 Å². The molecule has 1 aliphatic carbocycles. The first-order valence-electron chi connectivity index (χ1n) is 10.7. The number of pyridine rings is 1. The number of amides is 1. The van der Waals surface area contributed by atoms with Crippen LogP contribution in [0.2, 0.25) is 5.02 Å². The van der Waals surface area contributed by atoms with Gasteiger partial charge in [-0.25, -0.2) is 0 Å². The van der Waals surface area contributed by atoms with Gasteiger partial charge in [-0.3, -0.25) is 19.0 Å². The number of hydrogen-bond donors (Lipinski definition) is 1. The van der Waals surface area contributed by atoms with E-state index >= 15 is 0 Å². The molecule has 3 aromatic rings. The third kappa shape index (κ3) is 4.71. The Hall–Kier alpha value is -3.38. The first-order valence-corrected chi connectivity index (χ1v) is 11.1. The third-order valence-corrected chi connectivity index (χ3v) is 6.08. The normalized spacial score (nSPS) is 14.5. The van der Waals surface area contributed by atoms with Crippen LogP contribution in [0.15, 0.2) is 59.4 Å². The summed E-state index contributed by atoms with van der Waals surface area (Å²) in [7, 11) is 1.58. The molecule has 33 heavy (non-hydrogen) atoms. The Bertz CT molecular complexity index is 1280. The lowest BCUT2D eigenvalue weighted by Crippen LogP contribution is -2.38. The second-order valence-corrected chi connectivity index (χ2v) is 9.44. The molecule has 0 aliphatic heterocycles. The lowest BCUT2D eigenvalue weighted by Gasteiger charge is -2.32.